The predicted molar refractivity (Wildman–Crippen MR) is 92.3 cm³/mol. The zero-order chi connectivity index (χ0) is 17.4. The number of benzene rings is 1. The number of hydrogen-bond donors (Lipinski definition) is 2. The summed E-state index contributed by atoms with van der Waals surface area (Å²) in [5.74, 6) is 0.446. The van der Waals surface area contributed by atoms with E-state index in [2.05, 4.69) is 15.7 Å². The minimum absolute atomic E-state index is 0.212. The molecule has 2 fully saturated rings. The number of fused-ring (bicyclic) bond motifs is 1. The second-order valence-corrected chi connectivity index (χ2v) is 6.83. The first-order chi connectivity index (χ1) is 12.1. The van der Waals surface area contributed by atoms with E-state index in [0.717, 1.165) is 41.9 Å². The number of rotatable bonds is 4. The van der Waals surface area contributed by atoms with Gasteiger partial charge in [-0.3, -0.25) is 19.6 Å². The van der Waals surface area contributed by atoms with Crippen LogP contribution in [-0.2, 0) is 16.6 Å². The molecule has 1 aromatic carbocycles. The summed E-state index contributed by atoms with van der Waals surface area (Å²) in [4.78, 5) is 23.6. The number of carbonyl (C=O) groups is 2. The Kier molecular flexibility index (Phi) is 4.17. The van der Waals surface area contributed by atoms with Crippen LogP contribution in [0.1, 0.15) is 30.9 Å². The van der Waals surface area contributed by atoms with E-state index in [1.165, 1.54) is 0 Å². The number of imide groups is 1. The maximum Gasteiger partial charge on any atom is 0.235 e. The third-order valence-electron chi connectivity index (χ3n) is 5.06. The van der Waals surface area contributed by atoms with Crippen LogP contribution < -0.4 is 15.4 Å². The van der Waals surface area contributed by atoms with Gasteiger partial charge in [0.2, 0.25) is 11.8 Å². The molecule has 2 aromatic rings. The maximum atomic E-state index is 12.2. The van der Waals surface area contributed by atoms with Crippen LogP contribution in [0.4, 0.5) is 0 Å². The number of aromatic nitrogens is 2. The van der Waals surface area contributed by atoms with Gasteiger partial charge in [0.05, 0.1) is 18.2 Å². The van der Waals surface area contributed by atoms with E-state index < -0.39 is 5.92 Å². The summed E-state index contributed by atoms with van der Waals surface area (Å²) in [6, 6.07) is 5.84. The number of carbonyl (C=O) groups excluding carboxylic acids is 2. The van der Waals surface area contributed by atoms with Gasteiger partial charge < -0.3 is 10.1 Å². The molecule has 7 heteroatoms. The fourth-order valence-corrected chi connectivity index (χ4v) is 3.72. The lowest BCUT2D eigenvalue weighted by atomic mass is 9.93. The largest absolute Gasteiger partial charge is 0.491 e. The van der Waals surface area contributed by atoms with Gasteiger partial charge in [0, 0.05) is 31.3 Å². The highest BCUT2D eigenvalue weighted by molar-refractivity contribution is 6.02. The lowest BCUT2D eigenvalue weighted by Gasteiger charge is -2.19. The Hall–Kier alpha value is -2.41. The smallest absolute Gasteiger partial charge is 0.235 e. The van der Waals surface area contributed by atoms with Crippen LogP contribution in [0.3, 0.4) is 0 Å². The van der Waals surface area contributed by atoms with Crippen LogP contribution in [0, 0.1) is 5.92 Å². The van der Waals surface area contributed by atoms with Crippen molar-refractivity contribution in [2.45, 2.75) is 25.2 Å². The van der Waals surface area contributed by atoms with Gasteiger partial charge in [-0.1, -0.05) is 12.1 Å². The van der Waals surface area contributed by atoms with E-state index in [4.69, 9.17) is 4.74 Å². The second kappa shape index (κ2) is 6.48. The molecule has 2 amide bonds. The fourth-order valence-electron chi connectivity index (χ4n) is 3.72. The molecule has 2 atom stereocenters. The number of hydrogen-bond acceptors (Lipinski definition) is 5. The second-order valence-electron chi connectivity index (χ2n) is 6.83. The molecule has 0 bridgehead atoms. The molecular formula is C18H22N4O3. The minimum atomic E-state index is -0.393. The van der Waals surface area contributed by atoms with Crippen molar-refractivity contribution in [3.63, 3.8) is 0 Å². The molecule has 0 spiro atoms. The number of aryl methyl sites for hydroxylation is 1. The van der Waals surface area contributed by atoms with Crippen molar-refractivity contribution in [1.29, 1.82) is 0 Å². The first-order valence-electron chi connectivity index (χ1n) is 8.76. The Bertz CT molecular complexity index is 823. The van der Waals surface area contributed by atoms with Gasteiger partial charge in [-0.05, 0) is 25.5 Å². The van der Waals surface area contributed by atoms with Crippen LogP contribution in [0.2, 0.25) is 0 Å². The monoisotopic (exact) mass is 342 g/mol. The molecule has 2 aliphatic heterocycles. The minimum Gasteiger partial charge on any atom is -0.491 e. The van der Waals surface area contributed by atoms with E-state index >= 15 is 0 Å². The third kappa shape index (κ3) is 3.00. The molecule has 1 unspecified atom stereocenters. The van der Waals surface area contributed by atoms with E-state index in [9.17, 15) is 9.59 Å². The number of piperidine rings is 1. The van der Waals surface area contributed by atoms with E-state index in [1.807, 2.05) is 25.2 Å². The van der Waals surface area contributed by atoms with Crippen LogP contribution in [0.15, 0.2) is 18.2 Å². The van der Waals surface area contributed by atoms with Gasteiger partial charge >= 0.3 is 0 Å². The van der Waals surface area contributed by atoms with Crippen molar-refractivity contribution in [1.82, 2.24) is 20.4 Å². The summed E-state index contributed by atoms with van der Waals surface area (Å²) in [5, 5.41) is 11.3. The first kappa shape index (κ1) is 16.1. The molecule has 2 aliphatic rings. The molecule has 25 heavy (non-hydrogen) atoms. The quantitative estimate of drug-likeness (QED) is 0.812. The summed E-state index contributed by atoms with van der Waals surface area (Å²) in [7, 11) is 1.86. The van der Waals surface area contributed by atoms with Crippen LogP contribution in [-0.4, -0.2) is 41.3 Å². The zero-order valence-electron chi connectivity index (χ0n) is 14.2. The SMILES string of the molecule is Cn1nc(C2CCC(=O)NC2=O)c2cccc(OC[C@@H]3CCNC3)c21. The summed E-state index contributed by atoms with van der Waals surface area (Å²) >= 11 is 0. The average Bonchev–Trinajstić information content (AvgIpc) is 3.22. The van der Waals surface area contributed by atoms with Gasteiger partial charge in [-0.2, -0.15) is 5.10 Å². The molecule has 0 radical (unpaired) electrons. The molecule has 4 rings (SSSR count). The van der Waals surface area contributed by atoms with Crippen LogP contribution in [0.5, 0.6) is 5.75 Å². The van der Waals surface area contributed by atoms with Crippen molar-refractivity contribution in [2.24, 2.45) is 13.0 Å². The average molecular weight is 342 g/mol. The van der Waals surface area contributed by atoms with Crippen molar-refractivity contribution in [3.8, 4) is 5.75 Å². The molecule has 3 heterocycles. The number of nitrogens with one attached hydrogen (secondary N) is 2. The Morgan fingerprint density at radius 3 is 2.96 bits per heavy atom. The van der Waals surface area contributed by atoms with E-state index in [1.54, 1.807) is 4.68 Å². The van der Waals surface area contributed by atoms with Crippen molar-refractivity contribution < 1.29 is 14.3 Å². The van der Waals surface area contributed by atoms with Gasteiger partial charge in [-0.15, -0.1) is 0 Å². The number of amides is 2. The van der Waals surface area contributed by atoms with Gasteiger partial charge in [0.1, 0.15) is 11.3 Å². The predicted octanol–water partition coefficient (Wildman–Crippen LogP) is 1.08. The van der Waals surface area contributed by atoms with Gasteiger partial charge in [-0.25, -0.2) is 0 Å². The molecule has 0 saturated carbocycles. The normalized spacial score (nSPS) is 23.9. The van der Waals surface area contributed by atoms with Crippen LogP contribution in [0.25, 0.3) is 10.9 Å². The summed E-state index contributed by atoms with van der Waals surface area (Å²) in [5.41, 5.74) is 1.61. The first-order valence-corrected chi connectivity index (χ1v) is 8.76. The molecular weight excluding hydrogens is 320 g/mol. The van der Waals surface area contributed by atoms with Gasteiger partial charge in [0.25, 0.3) is 0 Å². The topological polar surface area (TPSA) is 85.2 Å². The fraction of sp³-hybridized carbons (Fsp3) is 0.500. The Labute approximate surface area is 145 Å². The molecule has 1 aromatic heterocycles. The lowest BCUT2D eigenvalue weighted by molar-refractivity contribution is -0.134. The Morgan fingerprint density at radius 2 is 2.20 bits per heavy atom. The zero-order valence-corrected chi connectivity index (χ0v) is 14.2. The third-order valence-corrected chi connectivity index (χ3v) is 5.06. The number of para-hydroxylation sites is 1. The van der Waals surface area contributed by atoms with Gasteiger partial charge in [0.15, 0.2) is 0 Å². The molecule has 7 nitrogen and oxygen atoms in total. The molecule has 2 saturated heterocycles. The molecule has 132 valence electrons. The van der Waals surface area contributed by atoms with Crippen molar-refractivity contribution in [3.05, 3.63) is 23.9 Å². The Balaban J connectivity index is 1.65. The van der Waals surface area contributed by atoms with Crippen LogP contribution >= 0.6 is 0 Å². The van der Waals surface area contributed by atoms with Crippen molar-refractivity contribution >= 4 is 22.7 Å². The number of nitrogens with zero attached hydrogens (tertiary/aromatic N) is 2. The highest BCUT2D eigenvalue weighted by atomic mass is 16.5. The summed E-state index contributed by atoms with van der Waals surface area (Å²) < 4.78 is 7.85. The van der Waals surface area contributed by atoms with E-state index in [0.29, 0.717) is 25.4 Å². The summed E-state index contributed by atoms with van der Waals surface area (Å²) in [6.07, 6.45) is 1.97. The molecule has 0 aliphatic carbocycles. The maximum absolute atomic E-state index is 12.2. The molecule has 2 N–H and O–H groups in total. The van der Waals surface area contributed by atoms with E-state index in [-0.39, 0.29) is 11.8 Å². The number of ether oxygens (including phenoxy) is 1. The highest BCUT2D eigenvalue weighted by Crippen LogP contribution is 2.34. The lowest BCUT2D eigenvalue weighted by Crippen LogP contribution is -2.39. The standard InChI is InChI=1S/C18H22N4O3/c1-22-17-12(16(21-22)13-5-6-15(23)20-18(13)24)3-2-4-14(17)25-10-11-7-8-19-9-11/h2-4,11,13,19H,5-10H2,1H3,(H,20,23,24)/t11-,13?/m1/s1. The van der Waals surface area contributed by atoms with Crippen molar-refractivity contribution in [2.75, 3.05) is 19.7 Å². The summed E-state index contributed by atoms with van der Waals surface area (Å²) in [6.45, 7) is 2.71. The highest BCUT2D eigenvalue weighted by Gasteiger charge is 2.32. The Morgan fingerprint density at radius 1 is 1.32 bits per heavy atom.